The van der Waals surface area contributed by atoms with Crippen LogP contribution >= 0.6 is 0 Å². The quantitative estimate of drug-likeness (QED) is 0.373. The Morgan fingerprint density at radius 3 is 2.18 bits per heavy atom. The molecule has 0 N–H and O–H groups in total. The second kappa shape index (κ2) is 8.29. The van der Waals surface area contributed by atoms with Crippen LogP contribution in [0.3, 0.4) is 0 Å². The minimum Gasteiger partial charge on any atom is -0.242 e. The Balaban J connectivity index is 1.97. The Kier molecular flexibility index (Phi) is 6.01. The molecule has 2 atom stereocenters. The van der Waals surface area contributed by atoms with E-state index < -0.39 is 29.6 Å². The molecule has 0 aliphatic carbocycles. The van der Waals surface area contributed by atoms with E-state index in [1.807, 2.05) is 37.3 Å². The molecule has 3 rings (SSSR count). The molecule has 0 aliphatic heterocycles. The minimum atomic E-state index is -4.77. The fraction of sp³-hybridized carbons (Fsp3) is 0.304. The molecule has 0 bridgehead atoms. The van der Waals surface area contributed by atoms with Crippen LogP contribution in [0.15, 0.2) is 60.7 Å². The summed E-state index contributed by atoms with van der Waals surface area (Å²) in [6, 6.07) is 15.5. The summed E-state index contributed by atoms with van der Waals surface area (Å²) < 4.78 is 68.0. The van der Waals surface area contributed by atoms with Crippen molar-refractivity contribution in [1.29, 1.82) is 0 Å². The van der Waals surface area contributed by atoms with Crippen LogP contribution in [0.2, 0.25) is 0 Å². The highest BCUT2D eigenvalue weighted by atomic mass is 19.4. The van der Waals surface area contributed by atoms with Gasteiger partial charge >= 0.3 is 6.18 Å². The van der Waals surface area contributed by atoms with Gasteiger partial charge in [-0.15, -0.1) is 0 Å². The number of hydrogen-bond acceptors (Lipinski definition) is 0. The second-order valence-corrected chi connectivity index (χ2v) is 6.99. The van der Waals surface area contributed by atoms with Gasteiger partial charge in [-0.25, -0.2) is 8.78 Å². The first kappa shape index (κ1) is 20.3. The number of fused-ring (bicyclic) bond motifs is 1. The fourth-order valence-electron chi connectivity index (χ4n) is 3.51. The molecule has 0 saturated heterocycles. The Hall–Kier alpha value is -2.43. The van der Waals surface area contributed by atoms with Gasteiger partial charge in [-0.2, -0.15) is 13.2 Å². The molecule has 28 heavy (non-hydrogen) atoms. The molecule has 0 aliphatic rings. The molecule has 0 nitrogen and oxygen atoms in total. The van der Waals surface area contributed by atoms with Gasteiger partial charge < -0.3 is 0 Å². The number of unbranched alkanes of at least 4 members (excludes halogenated alkanes) is 1. The van der Waals surface area contributed by atoms with E-state index in [0.717, 1.165) is 23.3 Å². The first-order valence-corrected chi connectivity index (χ1v) is 9.30. The van der Waals surface area contributed by atoms with Crippen LogP contribution < -0.4 is 0 Å². The van der Waals surface area contributed by atoms with Crippen LogP contribution in [0.1, 0.15) is 55.0 Å². The first-order chi connectivity index (χ1) is 13.3. The van der Waals surface area contributed by atoms with E-state index in [2.05, 4.69) is 0 Å². The van der Waals surface area contributed by atoms with Gasteiger partial charge in [0.25, 0.3) is 0 Å². The lowest BCUT2D eigenvalue weighted by molar-refractivity contribution is -0.140. The van der Waals surface area contributed by atoms with Gasteiger partial charge in [0.2, 0.25) is 0 Å². The van der Waals surface area contributed by atoms with Gasteiger partial charge in [-0.1, -0.05) is 62.2 Å². The lowest BCUT2D eigenvalue weighted by atomic mass is 9.85. The molecule has 0 spiro atoms. The van der Waals surface area contributed by atoms with Crippen LogP contribution in [0.25, 0.3) is 10.8 Å². The highest BCUT2D eigenvalue weighted by molar-refractivity contribution is 5.83. The topological polar surface area (TPSA) is 0 Å². The molecule has 0 radical (unpaired) electrons. The van der Waals surface area contributed by atoms with Crippen LogP contribution in [-0.4, -0.2) is 0 Å². The second-order valence-electron chi connectivity index (χ2n) is 6.99. The standard InChI is InChI=1S/C23H21F5/c1-2-3-8-19(17-11-12-20(21(24)14-17)23(26,27)28)22(25)18-10-9-15-6-4-5-7-16(15)13-18/h4-7,9-14,19,22H,2-3,8H2,1H3. The van der Waals surface area contributed by atoms with Crippen LogP contribution in [0, 0.1) is 5.82 Å². The van der Waals surface area contributed by atoms with Crippen molar-refractivity contribution < 1.29 is 22.0 Å². The van der Waals surface area contributed by atoms with Gasteiger partial charge in [-0.05, 0) is 46.5 Å². The average molecular weight is 392 g/mol. The zero-order valence-corrected chi connectivity index (χ0v) is 15.4. The zero-order chi connectivity index (χ0) is 20.3. The highest BCUT2D eigenvalue weighted by Gasteiger charge is 2.35. The molecule has 3 aromatic carbocycles. The smallest absolute Gasteiger partial charge is 0.242 e. The van der Waals surface area contributed by atoms with Crippen molar-refractivity contribution in [3.63, 3.8) is 0 Å². The normalized spacial score (nSPS) is 14.2. The van der Waals surface area contributed by atoms with E-state index in [1.165, 1.54) is 6.07 Å². The summed E-state index contributed by atoms with van der Waals surface area (Å²) in [5, 5.41) is 1.86. The fourth-order valence-corrected chi connectivity index (χ4v) is 3.51. The van der Waals surface area contributed by atoms with Gasteiger partial charge in [0, 0.05) is 5.92 Å². The Morgan fingerprint density at radius 1 is 0.857 bits per heavy atom. The average Bonchev–Trinajstić information content (AvgIpc) is 2.66. The van der Waals surface area contributed by atoms with Crippen molar-refractivity contribution in [2.75, 3.05) is 0 Å². The number of hydrogen-bond donors (Lipinski definition) is 0. The van der Waals surface area contributed by atoms with Crippen molar-refractivity contribution >= 4 is 10.8 Å². The predicted molar refractivity (Wildman–Crippen MR) is 101 cm³/mol. The molecule has 0 fully saturated rings. The maximum atomic E-state index is 15.5. The third-order valence-electron chi connectivity index (χ3n) is 5.04. The summed E-state index contributed by atoms with van der Waals surface area (Å²) in [5.41, 5.74) is -0.633. The Morgan fingerprint density at radius 2 is 1.54 bits per heavy atom. The monoisotopic (exact) mass is 392 g/mol. The molecule has 5 heteroatoms. The van der Waals surface area contributed by atoms with E-state index in [1.54, 1.807) is 12.1 Å². The first-order valence-electron chi connectivity index (χ1n) is 9.30. The lowest BCUT2D eigenvalue weighted by Crippen LogP contribution is -2.12. The van der Waals surface area contributed by atoms with Gasteiger partial charge in [0.05, 0.1) is 5.56 Å². The third-order valence-corrected chi connectivity index (χ3v) is 5.04. The molecular weight excluding hydrogens is 371 g/mol. The lowest BCUT2D eigenvalue weighted by Gasteiger charge is -2.23. The molecule has 148 valence electrons. The summed E-state index contributed by atoms with van der Waals surface area (Å²) in [6.07, 6.45) is -4.28. The van der Waals surface area contributed by atoms with Crippen molar-refractivity contribution in [3.8, 4) is 0 Å². The number of benzene rings is 3. The van der Waals surface area contributed by atoms with Crippen molar-refractivity contribution in [3.05, 3.63) is 83.2 Å². The van der Waals surface area contributed by atoms with Gasteiger partial charge in [0.15, 0.2) is 0 Å². The van der Waals surface area contributed by atoms with E-state index in [-0.39, 0.29) is 5.56 Å². The Bertz CT molecular complexity index is 945. The summed E-state index contributed by atoms with van der Waals surface area (Å²) in [7, 11) is 0. The van der Waals surface area contributed by atoms with Crippen molar-refractivity contribution in [1.82, 2.24) is 0 Å². The SMILES string of the molecule is CCCCC(c1ccc(C(F)(F)F)c(F)c1)C(F)c1ccc2ccccc2c1. The van der Waals surface area contributed by atoms with Crippen molar-refractivity contribution in [2.45, 2.75) is 44.5 Å². The van der Waals surface area contributed by atoms with E-state index in [9.17, 15) is 17.6 Å². The molecule has 0 amide bonds. The molecule has 0 aromatic heterocycles. The number of halogens is 5. The van der Waals surface area contributed by atoms with Crippen LogP contribution in [-0.2, 0) is 6.18 Å². The minimum absolute atomic E-state index is 0.250. The molecular formula is C23H21F5. The maximum absolute atomic E-state index is 15.5. The van der Waals surface area contributed by atoms with Crippen LogP contribution in [0.5, 0.6) is 0 Å². The molecule has 0 saturated carbocycles. The predicted octanol–water partition coefficient (Wildman–Crippen LogP) is 7.98. The van der Waals surface area contributed by atoms with Gasteiger partial charge in [0.1, 0.15) is 12.0 Å². The highest BCUT2D eigenvalue weighted by Crippen LogP contribution is 2.40. The number of alkyl halides is 4. The molecule has 2 unspecified atom stereocenters. The van der Waals surface area contributed by atoms with E-state index >= 15 is 4.39 Å². The largest absolute Gasteiger partial charge is 0.419 e. The third kappa shape index (κ3) is 4.34. The summed E-state index contributed by atoms with van der Waals surface area (Å²) in [5.74, 6) is -2.07. The van der Waals surface area contributed by atoms with E-state index in [0.29, 0.717) is 24.5 Å². The molecule has 3 aromatic rings. The number of rotatable bonds is 6. The Labute approximate surface area is 161 Å². The van der Waals surface area contributed by atoms with Gasteiger partial charge in [-0.3, -0.25) is 0 Å². The zero-order valence-electron chi connectivity index (χ0n) is 15.4. The summed E-state index contributed by atoms with van der Waals surface area (Å²) in [6.45, 7) is 1.95. The summed E-state index contributed by atoms with van der Waals surface area (Å²) in [4.78, 5) is 0. The van der Waals surface area contributed by atoms with Crippen molar-refractivity contribution in [2.24, 2.45) is 0 Å². The maximum Gasteiger partial charge on any atom is 0.419 e. The van der Waals surface area contributed by atoms with E-state index in [4.69, 9.17) is 0 Å². The molecule has 0 heterocycles. The van der Waals surface area contributed by atoms with Crippen LogP contribution in [0.4, 0.5) is 22.0 Å². The summed E-state index contributed by atoms with van der Waals surface area (Å²) >= 11 is 0.